The summed E-state index contributed by atoms with van der Waals surface area (Å²) >= 11 is 5.88. The van der Waals surface area contributed by atoms with Gasteiger partial charge < -0.3 is 5.11 Å². The first-order valence-electron chi connectivity index (χ1n) is 7.18. The molecule has 0 bridgehead atoms. The van der Waals surface area contributed by atoms with Crippen molar-refractivity contribution in [3.63, 3.8) is 0 Å². The van der Waals surface area contributed by atoms with Crippen molar-refractivity contribution in [3.8, 4) is 0 Å². The van der Waals surface area contributed by atoms with Crippen LogP contribution < -0.4 is 4.72 Å². The molecule has 1 unspecified atom stereocenters. The minimum atomic E-state index is -3.58. The van der Waals surface area contributed by atoms with Crippen LogP contribution >= 0.6 is 11.6 Å². The highest BCUT2D eigenvalue weighted by atomic mass is 35.5. The third-order valence-corrected chi connectivity index (χ3v) is 5.23. The van der Waals surface area contributed by atoms with Crippen LogP contribution in [0.25, 0.3) is 0 Å². The molecule has 4 nitrogen and oxygen atoms in total. The minimum Gasteiger partial charge on any atom is -0.392 e. The summed E-state index contributed by atoms with van der Waals surface area (Å²) in [4.78, 5) is 0.131. The molecule has 0 aliphatic rings. The summed E-state index contributed by atoms with van der Waals surface area (Å²) in [6, 6.07) is 4.23. The number of aliphatic hydroxyl groups excluding tert-OH is 1. The van der Waals surface area contributed by atoms with Gasteiger partial charge in [-0.1, -0.05) is 38.3 Å². The zero-order chi connectivity index (χ0) is 16.0. The van der Waals surface area contributed by atoms with Gasteiger partial charge in [0.15, 0.2) is 0 Å². The molecule has 0 heterocycles. The molecular formula is C15H24ClNO3S. The summed E-state index contributed by atoms with van der Waals surface area (Å²) in [5.74, 6) is 0.622. The predicted octanol–water partition coefficient (Wildman–Crippen LogP) is 3.33. The maximum atomic E-state index is 12.3. The molecule has 1 atom stereocenters. The second-order valence-corrected chi connectivity index (χ2v) is 7.88. The van der Waals surface area contributed by atoms with Crippen LogP contribution in [0.5, 0.6) is 0 Å². The summed E-state index contributed by atoms with van der Waals surface area (Å²) in [7, 11) is -3.58. The first-order chi connectivity index (χ1) is 9.76. The zero-order valence-corrected chi connectivity index (χ0v) is 14.3. The van der Waals surface area contributed by atoms with Gasteiger partial charge in [0.2, 0.25) is 10.0 Å². The standard InChI is InChI=1S/C15H24ClNO3S/c1-11(2)5-4-6-12(3)17-21(19,20)14-7-8-15(16)13(9-14)10-18/h7-9,11-12,17-18H,4-6,10H2,1-3H3. The Morgan fingerprint density at radius 3 is 2.48 bits per heavy atom. The molecular weight excluding hydrogens is 310 g/mol. The Kier molecular flexibility index (Phi) is 7.13. The molecule has 120 valence electrons. The quantitative estimate of drug-likeness (QED) is 0.766. The highest BCUT2D eigenvalue weighted by Gasteiger charge is 2.18. The number of halogens is 1. The van der Waals surface area contributed by atoms with Gasteiger partial charge in [-0.15, -0.1) is 0 Å². The normalized spacial score (nSPS) is 13.6. The Morgan fingerprint density at radius 2 is 1.90 bits per heavy atom. The van der Waals surface area contributed by atoms with Crippen LogP contribution in [0.2, 0.25) is 5.02 Å². The van der Waals surface area contributed by atoms with Crippen LogP contribution in [0, 0.1) is 5.92 Å². The highest BCUT2D eigenvalue weighted by Crippen LogP contribution is 2.21. The molecule has 0 aliphatic heterocycles. The largest absolute Gasteiger partial charge is 0.392 e. The number of hydrogen-bond acceptors (Lipinski definition) is 3. The van der Waals surface area contributed by atoms with E-state index in [1.165, 1.54) is 18.2 Å². The van der Waals surface area contributed by atoms with Gasteiger partial charge in [0.1, 0.15) is 0 Å². The van der Waals surface area contributed by atoms with Crippen molar-refractivity contribution in [2.75, 3.05) is 0 Å². The molecule has 0 saturated carbocycles. The van der Waals surface area contributed by atoms with Crippen molar-refractivity contribution in [2.45, 2.75) is 57.6 Å². The van der Waals surface area contributed by atoms with Crippen LogP contribution in [0.4, 0.5) is 0 Å². The van der Waals surface area contributed by atoms with Gasteiger partial charge in [0.05, 0.1) is 11.5 Å². The van der Waals surface area contributed by atoms with Crippen LogP contribution in [0.15, 0.2) is 23.1 Å². The van der Waals surface area contributed by atoms with E-state index in [4.69, 9.17) is 16.7 Å². The molecule has 0 saturated heterocycles. The average molecular weight is 334 g/mol. The van der Waals surface area contributed by atoms with Crippen LogP contribution in [-0.4, -0.2) is 19.6 Å². The van der Waals surface area contributed by atoms with Crippen LogP contribution in [0.1, 0.15) is 45.6 Å². The number of hydrogen-bond donors (Lipinski definition) is 2. The third-order valence-electron chi connectivity index (χ3n) is 3.27. The van der Waals surface area contributed by atoms with Crippen molar-refractivity contribution in [1.29, 1.82) is 0 Å². The highest BCUT2D eigenvalue weighted by molar-refractivity contribution is 7.89. The fourth-order valence-corrected chi connectivity index (χ4v) is 3.57. The molecule has 0 spiro atoms. The average Bonchev–Trinajstić information content (AvgIpc) is 2.37. The third kappa shape index (κ3) is 5.94. The van der Waals surface area contributed by atoms with E-state index in [-0.39, 0.29) is 17.5 Å². The summed E-state index contributed by atoms with van der Waals surface area (Å²) in [6.07, 6.45) is 2.88. The summed E-state index contributed by atoms with van der Waals surface area (Å²) < 4.78 is 27.2. The Labute approximate surface area is 132 Å². The molecule has 0 fully saturated rings. The SMILES string of the molecule is CC(C)CCCC(C)NS(=O)(=O)c1ccc(Cl)c(CO)c1. The second-order valence-electron chi connectivity index (χ2n) is 5.76. The fraction of sp³-hybridized carbons (Fsp3) is 0.600. The summed E-state index contributed by atoms with van der Waals surface area (Å²) in [5.41, 5.74) is 0.409. The van der Waals surface area contributed by atoms with Gasteiger partial charge in [0, 0.05) is 11.1 Å². The number of benzene rings is 1. The molecule has 21 heavy (non-hydrogen) atoms. The van der Waals surface area contributed by atoms with E-state index in [0.29, 0.717) is 16.5 Å². The molecule has 1 rings (SSSR count). The Morgan fingerprint density at radius 1 is 1.24 bits per heavy atom. The molecule has 0 radical (unpaired) electrons. The van der Waals surface area contributed by atoms with Crippen molar-refractivity contribution in [2.24, 2.45) is 5.92 Å². The van der Waals surface area contributed by atoms with E-state index in [1.54, 1.807) is 0 Å². The number of sulfonamides is 1. The fourth-order valence-electron chi connectivity index (χ4n) is 2.06. The van der Waals surface area contributed by atoms with Gasteiger partial charge in [-0.2, -0.15) is 0 Å². The van der Waals surface area contributed by atoms with E-state index in [9.17, 15) is 8.42 Å². The van der Waals surface area contributed by atoms with E-state index in [2.05, 4.69) is 18.6 Å². The Bertz CT molecular complexity index is 558. The first kappa shape index (κ1) is 18.4. The minimum absolute atomic E-state index is 0.123. The Hall–Kier alpha value is -0.620. The van der Waals surface area contributed by atoms with Crippen molar-refractivity contribution < 1.29 is 13.5 Å². The second kappa shape index (κ2) is 8.13. The topological polar surface area (TPSA) is 66.4 Å². The molecule has 0 aliphatic carbocycles. The maximum Gasteiger partial charge on any atom is 0.240 e. The van der Waals surface area contributed by atoms with E-state index >= 15 is 0 Å². The van der Waals surface area contributed by atoms with E-state index < -0.39 is 10.0 Å². The number of aliphatic hydroxyl groups is 1. The smallest absolute Gasteiger partial charge is 0.240 e. The number of rotatable bonds is 8. The molecule has 1 aromatic rings. The summed E-state index contributed by atoms with van der Waals surface area (Å²) in [6.45, 7) is 5.88. The van der Waals surface area contributed by atoms with Gasteiger partial charge in [-0.05, 0) is 43.0 Å². The Balaban J connectivity index is 2.72. The summed E-state index contributed by atoms with van der Waals surface area (Å²) in [5, 5.41) is 9.52. The molecule has 0 aromatic heterocycles. The van der Waals surface area contributed by atoms with Crippen molar-refractivity contribution >= 4 is 21.6 Å². The lowest BCUT2D eigenvalue weighted by molar-refractivity contribution is 0.281. The first-order valence-corrected chi connectivity index (χ1v) is 9.04. The lowest BCUT2D eigenvalue weighted by Gasteiger charge is -2.15. The van der Waals surface area contributed by atoms with Gasteiger partial charge in [0.25, 0.3) is 0 Å². The molecule has 6 heteroatoms. The molecule has 1 aromatic carbocycles. The van der Waals surface area contributed by atoms with Gasteiger partial charge in [-0.25, -0.2) is 13.1 Å². The van der Waals surface area contributed by atoms with Crippen LogP contribution in [-0.2, 0) is 16.6 Å². The van der Waals surface area contributed by atoms with E-state index in [0.717, 1.165) is 19.3 Å². The molecule has 2 N–H and O–H groups in total. The molecule has 0 amide bonds. The van der Waals surface area contributed by atoms with Crippen LogP contribution in [0.3, 0.4) is 0 Å². The van der Waals surface area contributed by atoms with Crippen molar-refractivity contribution in [3.05, 3.63) is 28.8 Å². The van der Waals surface area contributed by atoms with Gasteiger partial charge >= 0.3 is 0 Å². The number of nitrogens with one attached hydrogen (secondary N) is 1. The monoisotopic (exact) mass is 333 g/mol. The lowest BCUT2D eigenvalue weighted by atomic mass is 10.0. The maximum absolute atomic E-state index is 12.3. The predicted molar refractivity (Wildman–Crippen MR) is 85.8 cm³/mol. The van der Waals surface area contributed by atoms with Crippen molar-refractivity contribution in [1.82, 2.24) is 4.72 Å². The van der Waals surface area contributed by atoms with E-state index in [1.807, 2.05) is 6.92 Å². The van der Waals surface area contributed by atoms with Gasteiger partial charge in [-0.3, -0.25) is 0 Å². The lowest BCUT2D eigenvalue weighted by Crippen LogP contribution is -2.32. The zero-order valence-electron chi connectivity index (χ0n) is 12.8.